The van der Waals surface area contributed by atoms with Gasteiger partial charge in [-0.25, -0.2) is 9.59 Å². The van der Waals surface area contributed by atoms with Crippen LogP contribution >= 0.6 is 0 Å². The summed E-state index contributed by atoms with van der Waals surface area (Å²) in [5.41, 5.74) is -0.500. The van der Waals surface area contributed by atoms with E-state index < -0.39 is 22.6 Å². The van der Waals surface area contributed by atoms with Gasteiger partial charge in [-0.3, -0.25) is 10.1 Å². The van der Waals surface area contributed by atoms with E-state index in [9.17, 15) is 19.7 Å². The summed E-state index contributed by atoms with van der Waals surface area (Å²) in [4.78, 5) is 33.6. The summed E-state index contributed by atoms with van der Waals surface area (Å²) >= 11 is 0. The van der Waals surface area contributed by atoms with Crippen LogP contribution in [0.2, 0.25) is 0 Å². The van der Waals surface area contributed by atoms with Crippen molar-refractivity contribution in [2.24, 2.45) is 0 Å². The van der Waals surface area contributed by atoms with Gasteiger partial charge in [-0.2, -0.15) is 0 Å². The summed E-state index contributed by atoms with van der Waals surface area (Å²) in [5.74, 6) is -0.645. The van der Waals surface area contributed by atoms with Crippen LogP contribution in [0.15, 0.2) is 12.1 Å². The lowest BCUT2D eigenvalue weighted by Crippen LogP contribution is -2.34. The van der Waals surface area contributed by atoms with Gasteiger partial charge in [0.25, 0.3) is 0 Å². The molecule has 25 heavy (non-hydrogen) atoms. The molecule has 1 amide bonds. The highest BCUT2D eigenvalue weighted by atomic mass is 16.6. The fourth-order valence-electron chi connectivity index (χ4n) is 1.93. The first kappa shape index (κ1) is 20.2. The summed E-state index contributed by atoms with van der Waals surface area (Å²) in [6.45, 7) is 6.88. The van der Waals surface area contributed by atoms with Crippen molar-refractivity contribution in [2.45, 2.75) is 33.3 Å². The molecule has 0 atom stereocenters. The number of nitrogens with one attached hydrogen (secondary N) is 1. The van der Waals surface area contributed by atoms with Gasteiger partial charge in [-0.1, -0.05) is 0 Å². The van der Waals surface area contributed by atoms with Gasteiger partial charge in [0.05, 0.1) is 24.1 Å². The van der Waals surface area contributed by atoms with Gasteiger partial charge in [-0.15, -0.1) is 0 Å². The molecule has 0 saturated carbocycles. The van der Waals surface area contributed by atoms with Gasteiger partial charge in [0.2, 0.25) is 0 Å². The average Bonchev–Trinajstić information content (AvgIpc) is 2.49. The third kappa shape index (κ3) is 6.28. The molecule has 1 N–H and O–H groups in total. The second-order valence-electron chi connectivity index (χ2n) is 6.17. The number of nitrogens with zero attached hydrogens (tertiary/aromatic N) is 1. The zero-order valence-electron chi connectivity index (χ0n) is 14.9. The molecule has 0 bridgehead atoms. The van der Waals surface area contributed by atoms with Crippen molar-refractivity contribution in [3.63, 3.8) is 0 Å². The molecular formula is C16H22N2O7. The largest absolute Gasteiger partial charge is 0.485 e. The zero-order chi connectivity index (χ0) is 19.2. The zero-order valence-corrected chi connectivity index (χ0v) is 14.9. The molecule has 9 nitrogen and oxygen atoms in total. The van der Waals surface area contributed by atoms with Crippen molar-refractivity contribution in [3.8, 4) is 5.75 Å². The Bertz CT molecular complexity index is 665. The SMILES string of the molecule is COC(=O)c1cc(C)c(OCCNC(=O)OC(C)(C)C)c([N+](=O)[O-])c1. The minimum atomic E-state index is -0.677. The van der Waals surface area contributed by atoms with Gasteiger partial charge >= 0.3 is 17.7 Å². The molecule has 0 radical (unpaired) electrons. The fraction of sp³-hybridized carbons (Fsp3) is 0.500. The van der Waals surface area contributed by atoms with Crippen LogP contribution in [-0.4, -0.2) is 42.8 Å². The molecule has 1 rings (SSSR count). The van der Waals surface area contributed by atoms with E-state index in [0.29, 0.717) is 5.56 Å². The number of hydrogen-bond donors (Lipinski definition) is 1. The number of amides is 1. The molecule has 0 aliphatic carbocycles. The van der Waals surface area contributed by atoms with Gasteiger partial charge in [0.15, 0.2) is 5.75 Å². The van der Waals surface area contributed by atoms with E-state index in [1.54, 1.807) is 27.7 Å². The molecule has 0 heterocycles. The number of methoxy groups -OCH3 is 1. The van der Waals surface area contributed by atoms with Gasteiger partial charge in [-0.05, 0) is 39.3 Å². The lowest BCUT2D eigenvalue weighted by atomic mass is 10.1. The van der Waals surface area contributed by atoms with E-state index >= 15 is 0 Å². The quantitative estimate of drug-likeness (QED) is 0.361. The molecule has 138 valence electrons. The highest BCUT2D eigenvalue weighted by molar-refractivity contribution is 5.91. The predicted octanol–water partition coefficient (Wildman–Crippen LogP) is 2.59. The van der Waals surface area contributed by atoms with Crippen molar-refractivity contribution in [1.82, 2.24) is 5.32 Å². The Hall–Kier alpha value is -2.84. The second-order valence-corrected chi connectivity index (χ2v) is 6.17. The van der Waals surface area contributed by atoms with Crippen LogP contribution in [0.4, 0.5) is 10.5 Å². The van der Waals surface area contributed by atoms with E-state index in [0.717, 1.165) is 6.07 Å². The maximum Gasteiger partial charge on any atom is 0.407 e. The Morgan fingerprint density at radius 2 is 1.92 bits per heavy atom. The number of benzene rings is 1. The highest BCUT2D eigenvalue weighted by Gasteiger charge is 2.22. The number of carbonyl (C=O) groups excluding carboxylic acids is 2. The maximum absolute atomic E-state index is 11.6. The standard InChI is InChI=1S/C16H22N2O7/c1-10-8-11(14(19)23-5)9-12(18(21)22)13(10)24-7-6-17-15(20)25-16(2,3)4/h8-9H,6-7H2,1-5H3,(H,17,20). The molecule has 0 aliphatic rings. The molecule has 1 aromatic rings. The molecule has 0 aromatic heterocycles. The topological polar surface area (TPSA) is 117 Å². The second kappa shape index (κ2) is 8.32. The molecule has 1 aromatic carbocycles. The highest BCUT2D eigenvalue weighted by Crippen LogP contribution is 2.32. The van der Waals surface area contributed by atoms with E-state index in [1.165, 1.54) is 13.2 Å². The minimum Gasteiger partial charge on any atom is -0.485 e. The fourth-order valence-corrected chi connectivity index (χ4v) is 1.93. The first-order valence-electron chi connectivity index (χ1n) is 7.52. The minimum absolute atomic E-state index is 0.00149. The Morgan fingerprint density at radius 1 is 1.28 bits per heavy atom. The van der Waals surface area contributed by atoms with Crippen LogP contribution in [0.3, 0.4) is 0 Å². The Balaban J connectivity index is 2.77. The summed E-state index contributed by atoms with van der Waals surface area (Å²) in [6, 6.07) is 2.53. The number of hydrogen-bond acceptors (Lipinski definition) is 7. The van der Waals surface area contributed by atoms with E-state index in [-0.39, 0.29) is 30.2 Å². The third-order valence-electron chi connectivity index (χ3n) is 2.89. The van der Waals surface area contributed by atoms with E-state index in [4.69, 9.17) is 9.47 Å². The van der Waals surface area contributed by atoms with Crippen LogP contribution < -0.4 is 10.1 Å². The number of aryl methyl sites for hydroxylation is 1. The normalized spacial score (nSPS) is 10.8. The van der Waals surface area contributed by atoms with Crippen LogP contribution in [-0.2, 0) is 9.47 Å². The number of alkyl carbamates (subject to hydrolysis) is 1. The van der Waals surface area contributed by atoms with Crippen molar-refractivity contribution < 1.29 is 28.7 Å². The van der Waals surface area contributed by atoms with Gasteiger partial charge in [0, 0.05) is 6.07 Å². The Labute approximate surface area is 145 Å². The smallest absolute Gasteiger partial charge is 0.407 e. The first-order chi connectivity index (χ1) is 11.5. The van der Waals surface area contributed by atoms with E-state index in [1.807, 2.05) is 0 Å². The van der Waals surface area contributed by atoms with Crippen LogP contribution in [0.5, 0.6) is 5.75 Å². The van der Waals surface area contributed by atoms with E-state index in [2.05, 4.69) is 10.1 Å². The summed E-state index contributed by atoms with van der Waals surface area (Å²) in [5, 5.41) is 13.7. The van der Waals surface area contributed by atoms with Crippen LogP contribution in [0.1, 0.15) is 36.7 Å². The Kier molecular flexibility index (Phi) is 6.72. The number of ether oxygens (including phenoxy) is 3. The van der Waals surface area contributed by atoms with Crippen LogP contribution in [0, 0.1) is 17.0 Å². The molecule has 0 fully saturated rings. The Morgan fingerprint density at radius 3 is 2.44 bits per heavy atom. The molecule has 9 heteroatoms. The summed E-state index contributed by atoms with van der Waals surface area (Å²) < 4.78 is 15.0. The summed E-state index contributed by atoms with van der Waals surface area (Å²) in [7, 11) is 1.19. The first-order valence-corrected chi connectivity index (χ1v) is 7.52. The monoisotopic (exact) mass is 354 g/mol. The molecule has 0 saturated heterocycles. The van der Waals surface area contributed by atoms with Gasteiger partial charge < -0.3 is 19.5 Å². The number of rotatable bonds is 6. The average molecular weight is 354 g/mol. The van der Waals surface area contributed by atoms with Crippen molar-refractivity contribution in [2.75, 3.05) is 20.3 Å². The summed E-state index contributed by atoms with van der Waals surface area (Å²) in [6.07, 6.45) is -0.608. The van der Waals surface area contributed by atoms with Crippen molar-refractivity contribution >= 4 is 17.7 Å². The molecule has 0 unspecified atom stereocenters. The molecule has 0 spiro atoms. The lowest BCUT2D eigenvalue weighted by Gasteiger charge is -2.19. The lowest BCUT2D eigenvalue weighted by molar-refractivity contribution is -0.385. The van der Waals surface area contributed by atoms with Gasteiger partial charge in [0.1, 0.15) is 12.2 Å². The van der Waals surface area contributed by atoms with Crippen molar-refractivity contribution in [3.05, 3.63) is 33.4 Å². The predicted molar refractivity (Wildman–Crippen MR) is 88.9 cm³/mol. The molecular weight excluding hydrogens is 332 g/mol. The molecule has 0 aliphatic heterocycles. The third-order valence-corrected chi connectivity index (χ3v) is 2.89. The van der Waals surface area contributed by atoms with Crippen LogP contribution in [0.25, 0.3) is 0 Å². The number of nitro benzene ring substituents is 1. The van der Waals surface area contributed by atoms with Crippen molar-refractivity contribution in [1.29, 1.82) is 0 Å². The number of carbonyl (C=O) groups is 2. The number of nitro groups is 1. The maximum atomic E-state index is 11.6. The number of esters is 1.